The number of aryl methyl sites for hydroxylation is 1. The van der Waals surface area contributed by atoms with Crippen LogP contribution in [0.2, 0.25) is 0 Å². The van der Waals surface area contributed by atoms with Gasteiger partial charge in [0.1, 0.15) is 12.4 Å². The molecule has 1 N–H and O–H groups in total. The summed E-state index contributed by atoms with van der Waals surface area (Å²) in [6.45, 7) is 3.75. The summed E-state index contributed by atoms with van der Waals surface area (Å²) < 4.78 is 28.7. The highest BCUT2D eigenvalue weighted by molar-refractivity contribution is 7.91. The van der Waals surface area contributed by atoms with Crippen molar-refractivity contribution in [1.29, 1.82) is 0 Å². The van der Waals surface area contributed by atoms with E-state index in [2.05, 4.69) is 0 Å². The van der Waals surface area contributed by atoms with Crippen LogP contribution in [0.5, 0.6) is 5.75 Å². The summed E-state index contributed by atoms with van der Waals surface area (Å²) in [5.41, 5.74) is 1.58. The van der Waals surface area contributed by atoms with E-state index in [1.807, 2.05) is 19.9 Å². The number of ether oxygens (including phenoxy) is 1. The van der Waals surface area contributed by atoms with Crippen molar-refractivity contribution in [1.82, 2.24) is 0 Å². The van der Waals surface area contributed by atoms with Crippen LogP contribution in [0.25, 0.3) is 6.08 Å². The van der Waals surface area contributed by atoms with Crippen molar-refractivity contribution in [3.8, 4) is 5.75 Å². The van der Waals surface area contributed by atoms with Gasteiger partial charge in [0, 0.05) is 11.6 Å². The molecular weight excluding hydrogens is 292 g/mol. The summed E-state index contributed by atoms with van der Waals surface area (Å²) >= 11 is 0. The molecule has 1 rings (SSSR count). The molecule has 116 valence electrons. The van der Waals surface area contributed by atoms with Crippen LogP contribution in [0.4, 0.5) is 0 Å². The topological polar surface area (TPSA) is 80.7 Å². The Morgan fingerprint density at radius 1 is 1.33 bits per heavy atom. The van der Waals surface area contributed by atoms with Crippen molar-refractivity contribution < 1.29 is 23.1 Å². The van der Waals surface area contributed by atoms with Crippen molar-refractivity contribution in [3.63, 3.8) is 0 Å². The summed E-state index contributed by atoms with van der Waals surface area (Å²) in [6, 6.07) is 5.33. The molecular formula is C15H20O5S. The monoisotopic (exact) mass is 312 g/mol. The second kappa shape index (κ2) is 7.83. The molecule has 5 nitrogen and oxygen atoms in total. The smallest absolute Gasteiger partial charge is 0.328 e. The zero-order valence-electron chi connectivity index (χ0n) is 12.2. The van der Waals surface area contributed by atoms with Crippen LogP contribution in [-0.4, -0.2) is 37.6 Å². The van der Waals surface area contributed by atoms with Gasteiger partial charge in [0.05, 0.1) is 11.5 Å². The summed E-state index contributed by atoms with van der Waals surface area (Å²) in [5, 5.41) is 8.67. The third-order valence-corrected chi connectivity index (χ3v) is 4.56. The first-order valence-corrected chi connectivity index (χ1v) is 8.51. The Bertz CT molecular complexity index is 617. The Hall–Kier alpha value is -1.82. The molecule has 0 aliphatic rings. The van der Waals surface area contributed by atoms with E-state index in [-0.39, 0.29) is 18.1 Å². The van der Waals surface area contributed by atoms with E-state index in [4.69, 9.17) is 9.84 Å². The van der Waals surface area contributed by atoms with Crippen molar-refractivity contribution in [2.75, 3.05) is 18.1 Å². The zero-order chi connectivity index (χ0) is 15.9. The predicted molar refractivity (Wildman–Crippen MR) is 82.3 cm³/mol. The number of carboxylic acid groups (broad SMARTS) is 1. The highest BCUT2D eigenvalue weighted by Gasteiger charge is 2.10. The number of sulfone groups is 1. The van der Waals surface area contributed by atoms with Crippen LogP contribution >= 0.6 is 0 Å². The van der Waals surface area contributed by atoms with E-state index in [9.17, 15) is 13.2 Å². The fourth-order valence-electron chi connectivity index (χ4n) is 1.78. The maximum absolute atomic E-state index is 11.6. The standard InChI is InChI=1S/C15H20O5S/c1-3-9-21(18,19)10-8-20-14-6-4-12(2)11-13(14)5-7-15(16)17/h4-7,11H,3,8-10H2,1-2H3,(H,16,17)/b7-5+. The SMILES string of the molecule is CCCS(=O)(=O)CCOc1ccc(C)cc1/C=C/C(=O)O. The maximum atomic E-state index is 11.6. The maximum Gasteiger partial charge on any atom is 0.328 e. The molecule has 0 bridgehead atoms. The summed E-state index contributed by atoms with van der Waals surface area (Å²) in [4.78, 5) is 10.6. The van der Waals surface area contributed by atoms with Gasteiger partial charge < -0.3 is 9.84 Å². The molecule has 6 heteroatoms. The average Bonchev–Trinajstić information content (AvgIpc) is 2.38. The normalized spacial score (nSPS) is 11.7. The molecule has 0 saturated carbocycles. The molecule has 0 spiro atoms. The Balaban J connectivity index is 2.77. The number of benzene rings is 1. The van der Waals surface area contributed by atoms with Gasteiger partial charge in [-0.05, 0) is 31.6 Å². The van der Waals surface area contributed by atoms with Gasteiger partial charge in [-0.3, -0.25) is 0 Å². The Labute approximate surface area is 125 Å². The average molecular weight is 312 g/mol. The van der Waals surface area contributed by atoms with Crippen LogP contribution in [0.15, 0.2) is 24.3 Å². The van der Waals surface area contributed by atoms with Gasteiger partial charge in [-0.15, -0.1) is 0 Å². The van der Waals surface area contributed by atoms with Crippen LogP contribution in [0.3, 0.4) is 0 Å². The quantitative estimate of drug-likeness (QED) is 0.745. The molecule has 0 aliphatic carbocycles. The molecule has 0 fully saturated rings. The summed E-state index contributed by atoms with van der Waals surface area (Å²) in [5.74, 6) is -0.468. The predicted octanol–water partition coefficient (Wildman–Crippen LogP) is 2.30. The minimum Gasteiger partial charge on any atom is -0.492 e. The van der Waals surface area contributed by atoms with Gasteiger partial charge in [-0.2, -0.15) is 0 Å². The van der Waals surface area contributed by atoms with Gasteiger partial charge in [-0.25, -0.2) is 13.2 Å². The van der Waals surface area contributed by atoms with E-state index in [1.54, 1.807) is 12.1 Å². The van der Waals surface area contributed by atoms with E-state index >= 15 is 0 Å². The Kier molecular flexibility index (Phi) is 6.42. The van der Waals surface area contributed by atoms with Gasteiger partial charge in [0.25, 0.3) is 0 Å². The summed E-state index contributed by atoms with van der Waals surface area (Å²) in [7, 11) is -3.09. The molecule has 0 atom stereocenters. The highest BCUT2D eigenvalue weighted by atomic mass is 32.2. The second-order valence-electron chi connectivity index (χ2n) is 4.71. The number of rotatable bonds is 8. The number of hydrogen-bond acceptors (Lipinski definition) is 4. The lowest BCUT2D eigenvalue weighted by Gasteiger charge is -2.10. The fraction of sp³-hybridized carbons (Fsp3) is 0.400. The van der Waals surface area contributed by atoms with Gasteiger partial charge in [0.2, 0.25) is 0 Å². The Morgan fingerprint density at radius 2 is 2.05 bits per heavy atom. The highest BCUT2D eigenvalue weighted by Crippen LogP contribution is 2.21. The van der Waals surface area contributed by atoms with Crippen LogP contribution in [0, 0.1) is 6.92 Å². The zero-order valence-corrected chi connectivity index (χ0v) is 13.0. The largest absolute Gasteiger partial charge is 0.492 e. The molecule has 1 aromatic rings. The van der Waals surface area contributed by atoms with Gasteiger partial charge in [-0.1, -0.05) is 18.6 Å². The lowest BCUT2D eigenvalue weighted by Crippen LogP contribution is -2.17. The number of carboxylic acids is 1. The molecule has 1 aromatic carbocycles. The number of carbonyl (C=O) groups is 1. The fourth-order valence-corrected chi connectivity index (χ4v) is 2.95. The molecule has 0 unspecified atom stereocenters. The van der Waals surface area contributed by atoms with Gasteiger partial charge in [0.15, 0.2) is 9.84 Å². The lowest BCUT2D eigenvalue weighted by molar-refractivity contribution is -0.131. The first kappa shape index (κ1) is 17.2. The van der Waals surface area contributed by atoms with E-state index in [0.717, 1.165) is 11.6 Å². The minimum absolute atomic E-state index is 0.0448. The molecule has 21 heavy (non-hydrogen) atoms. The molecule has 0 saturated heterocycles. The van der Waals surface area contributed by atoms with Crippen LogP contribution in [-0.2, 0) is 14.6 Å². The van der Waals surface area contributed by atoms with Crippen LogP contribution < -0.4 is 4.74 Å². The van der Waals surface area contributed by atoms with Crippen molar-refractivity contribution in [3.05, 3.63) is 35.4 Å². The molecule has 0 aromatic heterocycles. The molecule has 0 amide bonds. The van der Waals surface area contributed by atoms with E-state index in [0.29, 0.717) is 17.7 Å². The third-order valence-electron chi connectivity index (χ3n) is 2.74. The summed E-state index contributed by atoms with van der Waals surface area (Å²) in [6.07, 6.45) is 3.04. The first-order valence-electron chi connectivity index (χ1n) is 6.69. The lowest BCUT2D eigenvalue weighted by atomic mass is 10.1. The van der Waals surface area contributed by atoms with Crippen molar-refractivity contribution in [2.24, 2.45) is 0 Å². The number of aliphatic carboxylic acids is 1. The van der Waals surface area contributed by atoms with E-state index < -0.39 is 15.8 Å². The van der Waals surface area contributed by atoms with Gasteiger partial charge >= 0.3 is 5.97 Å². The van der Waals surface area contributed by atoms with E-state index in [1.165, 1.54) is 6.08 Å². The molecule has 0 radical (unpaired) electrons. The second-order valence-corrected chi connectivity index (χ2v) is 7.02. The van der Waals surface area contributed by atoms with Crippen molar-refractivity contribution >= 4 is 21.9 Å². The Morgan fingerprint density at radius 3 is 2.67 bits per heavy atom. The minimum atomic E-state index is -3.09. The molecule has 0 aliphatic heterocycles. The first-order chi connectivity index (χ1) is 9.84. The third kappa shape index (κ3) is 6.44. The van der Waals surface area contributed by atoms with Crippen LogP contribution in [0.1, 0.15) is 24.5 Å². The molecule has 0 heterocycles. The van der Waals surface area contributed by atoms with Crippen molar-refractivity contribution in [2.45, 2.75) is 20.3 Å². The number of hydrogen-bond donors (Lipinski definition) is 1.